The Bertz CT molecular complexity index is 394. The molecule has 14 heavy (non-hydrogen) atoms. The molecule has 0 aromatic carbocycles. The maximum atomic E-state index is 10.7. The normalized spacial score (nSPS) is 31.9. The van der Waals surface area contributed by atoms with E-state index < -0.39 is 32.7 Å². The lowest BCUT2D eigenvalue weighted by Crippen LogP contribution is -2.26. The van der Waals surface area contributed by atoms with Crippen molar-refractivity contribution in [2.24, 2.45) is 0 Å². The van der Waals surface area contributed by atoms with Crippen LogP contribution in [0, 0.1) is 0 Å². The summed E-state index contributed by atoms with van der Waals surface area (Å²) in [5.74, 6) is 0. The average Bonchev–Trinajstić information content (AvgIpc) is 2.19. The van der Waals surface area contributed by atoms with Crippen LogP contribution in [0.2, 0.25) is 0 Å². The van der Waals surface area contributed by atoms with Crippen LogP contribution in [0.4, 0.5) is 0 Å². The third-order valence-electron chi connectivity index (χ3n) is 1.48. The summed E-state index contributed by atoms with van der Waals surface area (Å²) in [6.07, 6.45) is -0.807. The highest BCUT2D eigenvalue weighted by Crippen LogP contribution is 2.20. The predicted molar refractivity (Wildman–Crippen MR) is 45.1 cm³/mol. The summed E-state index contributed by atoms with van der Waals surface area (Å²) in [4.78, 5) is 0. The number of hydrogen-bond acceptors (Lipinski definition) is 7. The molecule has 1 heterocycles. The van der Waals surface area contributed by atoms with Crippen molar-refractivity contribution in [2.45, 2.75) is 19.1 Å². The Morgan fingerprint density at radius 2 is 1.93 bits per heavy atom. The Morgan fingerprint density at radius 1 is 1.36 bits per heavy atom. The monoisotopic (exact) mass is 246 g/mol. The molecule has 0 aliphatic carbocycles. The van der Waals surface area contributed by atoms with Gasteiger partial charge in [-0.05, 0) is 6.92 Å². The summed E-state index contributed by atoms with van der Waals surface area (Å²) < 4.78 is 55.8. The summed E-state index contributed by atoms with van der Waals surface area (Å²) in [6.45, 7) is 1.07. The molecule has 0 amide bonds. The summed E-state index contributed by atoms with van der Waals surface area (Å²) in [6, 6.07) is 0. The van der Waals surface area contributed by atoms with Crippen molar-refractivity contribution in [1.82, 2.24) is 0 Å². The van der Waals surface area contributed by atoms with E-state index in [-0.39, 0.29) is 6.61 Å². The summed E-state index contributed by atoms with van der Waals surface area (Å²) in [5, 5.41) is 0. The van der Waals surface area contributed by atoms with Gasteiger partial charge < -0.3 is 0 Å². The molecule has 0 spiro atoms. The molecular weight excluding hydrogens is 236 g/mol. The standard InChI is InChI=1S/C5H10O7S2/c1-4-5(3-10-13(2,6)7)12-14(8,9)11-4/h4-5H,3H2,1-2H3. The van der Waals surface area contributed by atoms with E-state index in [1.54, 1.807) is 0 Å². The Hall–Kier alpha value is -0.220. The van der Waals surface area contributed by atoms with Gasteiger partial charge in [0, 0.05) is 0 Å². The first-order valence-corrected chi connectivity index (χ1v) is 6.80. The molecule has 1 saturated heterocycles. The first-order chi connectivity index (χ1) is 6.20. The first-order valence-electron chi connectivity index (χ1n) is 3.65. The molecule has 2 unspecified atom stereocenters. The minimum Gasteiger partial charge on any atom is -0.267 e. The van der Waals surface area contributed by atoms with Gasteiger partial charge in [-0.25, -0.2) is 8.37 Å². The van der Waals surface area contributed by atoms with E-state index >= 15 is 0 Å². The molecule has 1 rings (SSSR count). The molecule has 0 aromatic rings. The van der Waals surface area contributed by atoms with Gasteiger partial charge in [0.25, 0.3) is 10.1 Å². The van der Waals surface area contributed by atoms with E-state index in [0.717, 1.165) is 6.26 Å². The van der Waals surface area contributed by atoms with Gasteiger partial charge in [0.2, 0.25) is 0 Å². The zero-order valence-electron chi connectivity index (χ0n) is 7.54. The second-order valence-electron chi connectivity index (χ2n) is 2.83. The molecule has 1 aliphatic rings. The zero-order chi connectivity index (χ0) is 11.0. The molecular formula is C5H10O7S2. The van der Waals surface area contributed by atoms with Crippen molar-refractivity contribution >= 4 is 20.5 Å². The smallest absolute Gasteiger partial charge is 0.267 e. The van der Waals surface area contributed by atoms with E-state index in [4.69, 9.17) is 0 Å². The lowest BCUT2D eigenvalue weighted by atomic mass is 10.2. The zero-order valence-corrected chi connectivity index (χ0v) is 9.17. The fraction of sp³-hybridized carbons (Fsp3) is 1.00. The average molecular weight is 246 g/mol. The van der Waals surface area contributed by atoms with Crippen LogP contribution in [-0.2, 0) is 33.1 Å². The second-order valence-corrected chi connectivity index (χ2v) is 5.68. The minimum absolute atomic E-state index is 0.376. The van der Waals surface area contributed by atoms with Gasteiger partial charge >= 0.3 is 10.4 Å². The van der Waals surface area contributed by atoms with Gasteiger partial charge in [-0.1, -0.05) is 0 Å². The molecule has 0 radical (unpaired) electrons. The van der Waals surface area contributed by atoms with E-state index in [1.807, 2.05) is 0 Å². The maximum absolute atomic E-state index is 10.7. The van der Waals surface area contributed by atoms with Crippen molar-refractivity contribution in [1.29, 1.82) is 0 Å². The highest BCUT2D eigenvalue weighted by Gasteiger charge is 2.37. The van der Waals surface area contributed by atoms with Crippen LogP contribution in [0.5, 0.6) is 0 Å². The number of rotatable bonds is 3. The first kappa shape index (κ1) is 11.9. The summed E-state index contributed by atoms with van der Waals surface area (Å²) in [7, 11) is -7.59. The third kappa shape index (κ3) is 3.50. The summed E-state index contributed by atoms with van der Waals surface area (Å²) in [5.41, 5.74) is 0. The van der Waals surface area contributed by atoms with Crippen molar-refractivity contribution < 1.29 is 29.4 Å². The Balaban J connectivity index is 2.56. The molecule has 84 valence electrons. The van der Waals surface area contributed by atoms with E-state index in [0.29, 0.717) is 0 Å². The van der Waals surface area contributed by atoms with Crippen LogP contribution in [0.1, 0.15) is 6.92 Å². The van der Waals surface area contributed by atoms with Crippen LogP contribution in [-0.4, -0.2) is 41.9 Å². The fourth-order valence-corrected chi connectivity index (χ4v) is 2.29. The Kier molecular flexibility index (Phi) is 3.17. The van der Waals surface area contributed by atoms with Gasteiger partial charge in [-0.15, -0.1) is 0 Å². The quantitative estimate of drug-likeness (QED) is 0.590. The largest absolute Gasteiger partial charge is 0.400 e. The molecule has 1 fully saturated rings. The van der Waals surface area contributed by atoms with E-state index in [9.17, 15) is 16.8 Å². The van der Waals surface area contributed by atoms with Crippen LogP contribution in [0.3, 0.4) is 0 Å². The topological polar surface area (TPSA) is 96.0 Å². The molecule has 0 aromatic heterocycles. The highest BCUT2D eigenvalue weighted by atomic mass is 32.3. The molecule has 0 N–H and O–H groups in total. The van der Waals surface area contributed by atoms with Crippen molar-refractivity contribution in [3.05, 3.63) is 0 Å². The second kappa shape index (κ2) is 3.74. The van der Waals surface area contributed by atoms with E-state index in [2.05, 4.69) is 12.5 Å². The van der Waals surface area contributed by atoms with Crippen LogP contribution >= 0.6 is 0 Å². The predicted octanol–water partition coefficient (Wildman–Crippen LogP) is -0.989. The van der Waals surface area contributed by atoms with Gasteiger partial charge in [0.1, 0.15) is 12.2 Å². The minimum atomic E-state index is -3.99. The highest BCUT2D eigenvalue weighted by molar-refractivity contribution is 7.86. The molecule has 1 aliphatic heterocycles. The SMILES string of the molecule is CC1OS(=O)(=O)OC1COS(C)(=O)=O. The van der Waals surface area contributed by atoms with Crippen LogP contribution in [0.25, 0.3) is 0 Å². The molecule has 7 nitrogen and oxygen atoms in total. The third-order valence-corrected chi connectivity index (χ3v) is 3.07. The van der Waals surface area contributed by atoms with Crippen LogP contribution < -0.4 is 0 Å². The Labute approximate surface area is 82.4 Å². The van der Waals surface area contributed by atoms with Gasteiger partial charge in [-0.3, -0.25) is 4.18 Å². The fourth-order valence-electron chi connectivity index (χ4n) is 0.854. The van der Waals surface area contributed by atoms with E-state index in [1.165, 1.54) is 6.92 Å². The molecule has 2 atom stereocenters. The molecule has 0 saturated carbocycles. The van der Waals surface area contributed by atoms with Gasteiger partial charge in [0.05, 0.1) is 12.9 Å². The van der Waals surface area contributed by atoms with Crippen LogP contribution in [0.15, 0.2) is 0 Å². The van der Waals surface area contributed by atoms with Crippen molar-refractivity contribution in [2.75, 3.05) is 12.9 Å². The lowest BCUT2D eigenvalue weighted by molar-refractivity contribution is 0.113. The van der Waals surface area contributed by atoms with Gasteiger partial charge in [0.15, 0.2) is 0 Å². The maximum Gasteiger partial charge on any atom is 0.400 e. The number of hydrogen-bond donors (Lipinski definition) is 0. The molecule has 9 heteroatoms. The van der Waals surface area contributed by atoms with Crippen molar-refractivity contribution in [3.8, 4) is 0 Å². The van der Waals surface area contributed by atoms with Gasteiger partial charge in [-0.2, -0.15) is 16.8 Å². The lowest BCUT2D eigenvalue weighted by Gasteiger charge is -2.08. The molecule has 0 bridgehead atoms. The van der Waals surface area contributed by atoms with Crippen molar-refractivity contribution in [3.63, 3.8) is 0 Å². The summed E-state index contributed by atoms with van der Waals surface area (Å²) >= 11 is 0. The Morgan fingerprint density at radius 3 is 2.29 bits per heavy atom.